The van der Waals surface area contributed by atoms with E-state index in [2.05, 4.69) is 10.9 Å². The minimum atomic E-state index is -0.851. The maximum Gasteiger partial charge on any atom is 0.269 e. The first kappa shape index (κ1) is 19.7. The Morgan fingerprint density at radius 1 is 1.11 bits per heavy atom. The molecule has 0 bridgehead atoms. The van der Waals surface area contributed by atoms with Gasteiger partial charge in [0.15, 0.2) is 0 Å². The number of hydrogen-bond acceptors (Lipinski definition) is 4. The van der Waals surface area contributed by atoms with E-state index < -0.39 is 17.7 Å². The Hall–Kier alpha value is -3.06. The molecule has 0 aliphatic carbocycles. The number of anilines is 1. The molecule has 1 unspecified atom stereocenters. The summed E-state index contributed by atoms with van der Waals surface area (Å²) in [6, 6.07) is 13.4. The maximum absolute atomic E-state index is 12.6. The van der Waals surface area contributed by atoms with Crippen LogP contribution >= 0.6 is 11.6 Å². The molecule has 146 valence electrons. The van der Waals surface area contributed by atoms with Crippen LogP contribution in [0, 0.1) is 5.92 Å². The van der Waals surface area contributed by atoms with Gasteiger partial charge in [0.25, 0.3) is 11.8 Å². The predicted molar refractivity (Wildman–Crippen MR) is 105 cm³/mol. The van der Waals surface area contributed by atoms with E-state index in [-0.39, 0.29) is 5.91 Å². The Labute approximate surface area is 167 Å². The molecule has 1 aliphatic heterocycles. The van der Waals surface area contributed by atoms with Crippen LogP contribution in [0.3, 0.4) is 0 Å². The third kappa shape index (κ3) is 4.43. The highest BCUT2D eigenvalue weighted by atomic mass is 35.5. The highest BCUT2D eigenvalue weighted by Gasteiger charge is 2.37. The van der Waals surface area contributed by atoms with E-state index in [0.717, 1.165) is 0 Å². The second-order valence-corrected chi connectivity index (χ2v) is 6.64. The molecule has 1 heterocycles. The molecule has 0 saturated carbocycles. The summed E-state index contributed by atoms with van der Waals surface area (Å²) in [5.41, 5.74) is 5.73. The normalized spacial score (nSPS) is 16.0. The van der Waals surface area contributed by atoms with Gasteiger partial charge in [-0.15, -0.1) is 0 Å². The zero-order valence-corrected chi connectivity index (χ0v) is 16.0. The highest BCUT2D eigenvalue weighted by molar-refractivity contribution is 6.30. The number of carbonyl (C=O) groups is 3. The number of nitrogens with zero attached hydrogens (tertiary/aromatic N) is 1. The van der Waals surface area contributed by atoms with Gasteiger partial charge in [-0.3, -0.25) is 25.2 Å². The highest BCUT2D eigenvalue weighted by Crippen LogP contribution is 2.26. The van der Waals surface area contributed by atoms with Gasteiger partial charge in [0.05, 0.1) is 6.61 Å². The Morgan fingerprint density at radius 3 is 2.43 bits per heavy atom. The van der Waals surface area contributed by atoms with E-state index in [1.54, 1.807) is 48.5 Å². The summed E-state index contributed by atoms with van der Waals surface area (Å²) in [6.07, 6.45) is 0.367. The second-order valence-electron chi connectivity index (χ2n) is 6.21. The first-order chi connectivity index (χ1) is 13.5. The first-order valence-corrected chi connectivity index (χ1v) is 9.27. The van der Waals surface area contributed by atoms with E-state index in [1.807, 2.05) is 6.92 Å². The van der Waals surface area contributed by atoms with E-state index in [9.17, 15) is 14.4 Å². The van der Waals surface area contributed by atoms with Gasteiger partial charge in [-0.1, -0.05) is 11.6 Å². The molecular weight excluding hydrogens is 382 g/mol. The third-order valence-electron chi connectivity index (χ3n) is 4.39. The van der Waals surface area contributed by atoms with Crippen molar-refractivity contribution in [2.24, 2.45) is 5.92 Å². The average molecular weight is 402 g/mol. The van der Waals surface area contributed by atoms with Gasteiger partial charge in [-0.25, -0.2) is 0 Å². The summed E-state index contributed by atoms with van der Waals surface area (Å²) >= 11 is 5.86. The van der Waals surface area contributed by atoms with Crippen molar-refractivity contribution >= 4 is 35.0 Å². The lowest BCUT2D eigenvalue weighted by molar-refractivity contribution is -0.132. The van der Waals surface area contributed by atoms with Crippen LogP contribution in [0.2, 0.25) is 5.02 Å². The Kier molecular flexibility index (Phi) is 6.16. The van der Waals surface area contributed by atoms with Gasteiger partial charge in [0.2, 0.25) is 5.91 Å². The molecule has 2 N–H and O–H groups in total. The molecule has 3 amide bonds. The fourth-order valence-electron chi connectivity index (χ4n) is 2.95. The van der Waals surface area contributed by atoms with Crippen LogP contribution in [0.25, 0.3) is 0 Å². The molecular formula is C20H20ClN3O4. The molecule has 0 spiro atoms. The van der Waals surface area contributed by atoms with Gasteiger partial charge in [-0.05, 0) is 61.9 Å². The number of carbonyl (C=O) groups excluding carboxylic acids is 3. The Morgan fingerprint density at radius 2 is 1.79 bits per heavy atom. The van der Waals surface area contributed by atoms with E-state index in [4.69, 9.17) is 16.3 Å². The molecule has 2 aromatic carbocycles. The number of rotatable bonds is 5. The average Bonchev–Trinajstić information content (AvgIpc) is 3.09. The molecule has 28 heavy (non-hydrogen) atoms. The first-order valence-electron chi connectivity index (χ1n) is 8.89. The van der Waals surface area contributed by atoms with E-state index >= 15 is 0 Å². The SMILES string of the molecule is CCOc1ccc(C(=O)NNC(=O)C2CCN(c3ccc(Cl)cc3)C2=O)cc1. The van der Waals surface area contributed by atoms with Crippen LogP contribution < -0.4 is 20.5 Å². The molecule has 1 aliphatic rings. The monoisotopic (exact) mass is 401 g/mol. The van der Waals surface area contributed by atoms with Crippen LogP contribution in [0.5, 0.6) is 5.75 Å². The van der Waals surface area contributed by atoms with Gasteiger partial charge in [-0.2, -0.15) is 0 Å². The van der Waals surface area contributed by atoms with Crippen molar-refractivity contribution in [3.05, 3.63) is 59.1 Å². The molecule has 2 aromatic rings. The van der Waals surface area contributed by atoms with Crippen molar-refractivity contribution in [2.45, 2.75) is 13.3 Å². The second kappa shape index (κ2) is 8.75. The number of ether oxygens (including phenoxy) is 1. The van der Waals surface area contributed by atoms with Crippen molar-refractivity contribution in [1.29, 1.82) is 0 Å². The van der Waals surface area contributed by atoms with Crippen LogP contribution in [-0.2, 0) is 9.59 Å². The largest absolute Gasteiger partial charge is 0.494 e. The van der Waals surface area contributed by atoms with Crippen molar-refractivity contribution < 1.29 is 19.1 Å². The Balaban J connectivity index is 1.55. The molecule has 1 saturated heterocycles. The van der Waals surface area contributed by atoms with Crippen molar-refractivity contribution in [2.75, 3.05) is 18.1 Å². The Bertz CT molecular complexity index is 868. The summed E-state index contributed by atoms with van der Waals surface area (Å²) in [4.78, 5) is 38.6. The lowest BCUT2D eigenvalue weighted by Crippen LogP contribution is -2.46. The molecule has 0 aromatic heterocycles. The molecule has 0 radical (unpaired) electrons. The minimum Gasteiger partial charge on any atom is -0.494 e. The van der Waals surface area contributed by atoms with Crippen LogP contribution in [-0.4, -0.2) is 30.9 Å². The third-order valence-corrected chi connectivity index (χ3v) is 4.64. The lowest BCUT2D eigenvalue weighted by atomic mass is 10.1. The minimum absolute atomic E-state index is 0.310. The summed E-state index contributed by atoms with van der Waals surface area (Å²) in [5, 5.41) is 0.571. The zero-order valence-electron chi connectivity index (χ0n) is 15.3. The fourth-order valence-corrected chi connectivity index (χ4v) is 3.07. The van der Waals surface area contributed by atoms with Gasteiger partial charge in [0, 0.05) is 22.8 Å². The van der Waals surface area contributed by atoms with Crippen LogP contribution in [0.4, 0.5) is 5.69 Å². The van der Waals surface area contributed by atoms with Gasteiger partial charge < -0.3 is 9.64 Å². The topological polar surface area (TPSA) is 87.7 Å². The van der Waals surface area contributed by atoms with E-state index in [1.165, 1.54) is 4.90 Å². The summed E-state index contributed by atoms with van der Waals surface area (Å²) in [5.74, 6) is -1.52. The summed E-state index contributed by atoms with van der Waals surface area (Å²) in [7, 11) is 0. The van der Waals surface area contributed by atoms with Gasteiger partial charge >= 0.3 is 0 Å². The van der Waals surface area contributed by atoms with E-state index in [0.29, 0.717) is 41.6 Å². The number of amides is 3. The number of hydrogen-bond donors (Lipinski definition) is 2. The molecule has 1 atom stereocenters. The van der Waals surface area contributed by atoms with Crippen LogP contribution in [0.15, 0.2) is 48.5 Å². The fraction of sp³-hybridized carbons (Fsp3) is 0.250. The van der Waals surface area contributed by atoms with Crippen molar-refractivity contribution in [3.63, 3.8) is 0 Å². The summed E-state index contributed by atoms with van der Waals surface area (Å²) in [6.45, 7) is 2.82. The molecule has 3 rings (SSSR count). The summed E-state index contributed by atoms with van der Waals surface area (Å²) < 4.78 is 5.32. The maximum atomic E-state index is 12.6. The number of nitrogens with one attached hydrogen (secondary N) is 2. The quantitative estimate of drug-likeness (QED) is 0.595. The number of benzene rings is 2. The van der Waals surface area contributed by atoms with Crippen molar-refractivity contribution in [3.8, 4) is 5.75 Å². The van der Waals surface area contributed by atoms with Crippen molar-refractivity contribution in [1.82, 2.24) is 10.9 Å². The number of hydrazine groups is 1. The molecule has 1 fully saturated rings. The smallest absolute Gasteiger partial charge is 0.269 e. The predicted octanol–water partition coefficient (Wildman–Crippen LogP) is 2.55. The standard InChI is InChI=1S/C20H20ClN3O4/c1-2-28-16-9-3-13(4-10-16)18(25)22-23-19(26)17-11-12-24(20(17)27)15-7-5-14(21)6-8-15/h3-10,17H,2,11-12H2,1H3,(H,22,25)(H,23,26). The number of halogens is 1. The van der Waals surface area contributed by atoms with Crippen LogP contribution in [0.1, 0.15) is 23.7 Å². The molecule has 7 nitrogen and oxygen atoms in total. The molecule has 8 heteroatoms. The van der Waals surface area contributed by atoms with Gasteiger partial charge in [0.1, 0.15) is 11.7 Å². The zero-order chi connectivity index (χ0) is 20.1. The lowest BCUT2D eigenvalue weighted by Gasteiger charge is -2.17.